The summed E-state index contributed by atoms with van der Waals surface area (Å²) in [6.45, 7) is 4.24. The lowest BCUT2D eigenvalue weighted by atomic mass is 9.81. The maximum absolute atomic E-state index is 12.9. The molecule has 0 amide bonds. The summed E-state index contributed by atoms with van der Waals surface area (Å²) in [6.07, 6.45) is 1.83. The summed E-state index contributed by atoms with van der Waals surface area (Å²) in [7, 11) is -3.77. The molecule has 1 aliphatic rings. The Labute approximate surface area is 167 Å². The zero-order valence-corrected chi connectivity index (χ0v) is 16.9. The van der Waals surface area contributed by atoms with Crippen molar-refractivity contribution >= 4 is 28.2 Å². The van der Waals surface area contributed by atoms with E-state index in [0.717, 1.165) is 25.9 Å². The first-order chi connectivity index (χ1) is 12.4. The molecule has 1 fully saturated rings. The van der Waals surface area contributed by atoms with Crippen LogP contribution in [0.3, 0.4) is 0 Å². The summed E-state index contributed by atoms with van der Waals surface area (Å²) in [5.41, 5.74) is 0.596. The van der Waals surface area contributed by atoms with E-state index in [9.17, 15) is 13.2 Å². The zero-order valence-electron chi connectivity index (χ0n) is 15.3. The van der Waals surface area contributed by atoms with Crippen LogP contribution in [-0.4, -0.2) is 33.8 Å². The van der Waals surface area contributed by atoms with Gasteiger partial charge >= 0.3 is 0 Å². The zero-order chi connectivity index (χ0) is 18.6. The van der Waals surface area contributed by atoms with E-state index in [2.05, 4.69) is 17.0 Å². The Balaban J connectivity index is 0.00000261. The van der Waals surface area contributed by atoms with Crippen LogP contribution in [0, 0.1) is 5.41 Å². The van der Waals surface area contributed by atoms with Gasteiger partial charge in [-0.05, 0) is 43.5 Å². The van der Waals surface area contributed by atoms with Crippen LogP contribution in [-0.2, 0) is 10.0 Å². The Morgan fingerprint density at radius 2 is 1.63 bits per heavy atom. The number of halogens is 1. The van der Waals surface area contributed by atoms with Gasteiger partial charge < -0.3 is 5.32 Å². The monoisotopic (exact) mass is 408 g/mol. The number of nitrogens with one attached hydrogen (secondary N) is 2. The van der Waals surface area contributed by atoms with E-state index in [4.69, 9.17) is 0 Å². The molecule has 0 bridgehead atoms. The lowest BCUT2D eigenvalue weighted by Crippen LogP contribution is -2.43. The van der Waals surface area contributed by atoms with E-state index in [-0.39, 0.29) is 34.1 Å². The number of piperidine rings is 1. The molecule has 0 aliphatic carbocycles. The predicted octanol–water partition coefficient (Wildman–Crippen LogP) is 3.01. The maximum atomic E-state index is 12.9. The van der Waals surface area contributed by atoms with Crippen LogP contribution < -0.4 is 10.0 Å². The van der Waals surface area contributed by atoms with E-state index in [1.165, 1.54) is 6.07 Å². The summed E-state index contributed by atoms with van der Waals surface area (Å²) >= 11 is 0. The molecule has 2 N–H and O–H groups in total. The smallest absolute Gasteiger partial charge is 0.241 e. The van der Waals surface area contributed by atoms with E-state index >= 15 is 0 Å². The van der Waals surface area contributed by atoms with Crippen LogP contribution in [0.1, 0.15) is 35.7 Å². The summed E-state index contributed by atoms with van der Waals surface area (Å²) in [5.74, 6) is -0.292. The number of sulfonamides is 1. The van der Waals surface area contributed by atoms with Gasteiger partial charge in [-0.1, -0.05) is 49.4 Å². The second kappa shape index (κ2) is 8.97. The highest BCUT2D eigenvalue weighted by Crippen LogP contribution is 2.28. The minimum absolute atomic E-state index is 0. The van der Waals surface area contributed by atoms with Gasteiger partial charge in [0.1, 0.15) is 0 Å². The average molecular weight is 409 g/mol. The Hall–Kier alpha value is -1.73. The van der Waals surface area contributed by atoms with Crippen molar-refractivity contribution in [2.45, 2.75) is 24.7 Å². The molecular formula is C20H25ClN2O3S. The van der Waals surface area contributed by atoms with Crippen LogP contribution in [0.25, 0.3) is 0 Å². The molecule has 0 atom stereocenters. The second-order valence-electron chi connectivity index (χ2n) is 7.08. The minimum atomic E-state index is -3.77. The molecule has 2 aromatic carbocycles. The van der Waals surface area contributed by atoms with Crippen molar-refractivity contribution in [2.24, 2.45) is 5.41 Å². The molecule has 27 heavy (non-hydrogen) atoms. The van der Waals surface area contributed by atoms with Crippen molar-refractivity contribution in [3.05, 3.63) is 65.7 Å². The van der Waals surface area contributed by atoms with Gasteiger partial charge in [-0.2, -0.15) is 0 Å². The SMILES string of the molecule is CC1(CNS(=O)(=O)c2ccccc2C(=O)c2ccccc2)CCNCC1.Cl. The molecule has 1 heterocycles. The quantitative estimate of drug-likeness (QED) is 0.720. The number of ketones is 1. The summed E-state index contributed by atoms with van der Waals surface area (Å²) in [6, 6.07) is 15.1. The third-order valence-electron chi connectivity index (χ3n) is 4.96. The Kier molecular flexibility index (Phi) is 7.17. The summed E-state index contributed by atoms with van der Waals surface area (Å²) in [5, 5.41) is 3.29. The highest BCUT2D eigenvalue weighted by molar-refractivity contribution is 7.89. The van der Waals surface area contributed by atoms with Gasteiger partial charge in [0.15, 0.2) is 5.78 Å². The fourth-order valence-electron chi connectivity index (χ4n) is 3.19. The fourth-order valence-corrected chi connectivity index (χ4v) is 4.59. The number of carbonyl (C=O) groups excluding carboxylic acids is 1. The van der Waals surface area contributed by atoms with Crippen LogP contribution in [0.5, 0.6) is 0 Å². The van der Waals surface area contributed by atoms with E-state index < -0.39 is 10.0 Å². The molecule has 0 aromatic heterocycles. The van der Waals surface area contributed by atoms with E-state index in [1.54, 1.807) is 42.5 Å². The van der Waals surface area contributed by atoms with Gasteiger partial charge in [-0.15, -0.1) is 12.4 Å². The molecule has 146 valence electrons. The van der Waals surface area contributed by atoms with Crippen molar-refractivity contribution in [3.63, 3.8) is 0 Å². The number of hydrogen-bond donors (Lipinski definition) is 2. The molecule has 1 aliphatic heterocycles. The number of rotatable bonds is 6. The third-order valence-corrected chi connectivity index (χ3v) is 6.42. The highest BCUT2D eigenvalue weighted by atomic mass is 35.5. The van der Waals surface area contributed by atoms with Gasteiger partial charge in [0.05, 0.1) is 4.90 Å². The molecule has 3 rings (SSSR count). The number of benzene rings is 2. The Morgan fingerprint density at radius 1 is 1.04 bits per heavy atom. The highest BCUT2D eigenvalue weighted by Gasteiger charge is 2.30. The Bertz CT molecular complexity index is 879. The standard InChI is InChI=1S/C20H24N2O3S.ClH/c1-20(11-13-21-14-12-20)15-22-26(24,25)18-10-6-5-9-17(18)19(23)16-7-3-2-4-8-16;/h2-10,21-22H,11-15H2,1H3;1H. The van der Waals surface area contributed by atoms with Crippen molar-refractivity contribution in [3.8, 4) is 0 Å². The second-order valence-corrected chi connectivity index (χ2v) is 8.81. The normalized spacial score (nSPS) is 16.3. The van der Waals surface area contributed by atoms with Crippen molar-refractivity contribution in [1.29, 1.82) is 0 Å². The molecule has 0 spiro atoms. The predicted molar refractivity (Wildman–Crippen MR) is 109 cm³/mol. The summed E-state index contributed by atoms with van der Waals surface area (Å²) < 4.78 is 28.5. The fraction of sp³-hybridized carbons (Fsp3) is 0.350. The van der Waals surface area contributed by atoms with Gasteiger partial charge in [0.25, 0.3) is 0 Å². The third kappa shape index (κ3) is 5.17. The first-order valence-corrected chi connectivity index (χ1v) is 10.3. The van der Waals surface area contributed by atoms with Gasteiger partial charge in [-0.25, -0.2) is 13.1 Å². The first kappa shape index (κ1) is 21.6. The Morgan fingerprint density at radius 3 is 2.30 bits per heavy atom. The van der Waals surface area contributed by atoms with Gasteiger partial charge in [-0.3, -0.25) is 4.79 Å². The number of hydrogen-bond acceptors (Lipinski definition) is 4. The molecule has 0 radical (unpaired) electrons. The number of carbonyl (C=O) groups is 1. The average Bonchev–Trinajstić information content (AvgIpc) is 2.67. The van der Waals surface area contributed by atoms with Crippen LogP contribution in [0.2, 0.25) is 0 Å². The van der Waals surface area contributed by atoms with Crippen molar-refractivity contribution < 1.29 is 13.2 Å². The van der Waals surface area contributed by atoms with Crippen LogP contribution >= 0.6 is 12.4 Å². The van der Waals surface area contributed by atoms with Crippen LogP contribution in [0.4, 0.5) is 0 Å². The molecule has 7 heteroatoms. The topological polar surface area (TPSA) is 75.3 Å². The van der Waals surface area contributed by atoms with Crippen molar-refractivity contribution in [2.75, 3.05) is 19.6 Å². The minimum Gasteiger partial charge on any atom is -0.317 e. The largest absolute Gasteiger partial charge is 0.317 e. The lowest BCUT2D eigenvalue weighted by Gasteiger charge is -2.34. The molecule has 5 nitrogen and oxygen atoms in total. The molecule has 2 aromatic rings. The maximum Gasteiger partial charge on any atom is 0.241 e. The van der Waals surface area contributed by atoms with Crippen LogP contribution in [0.15, 0.2) is 59.5 Å². The molecular weight excluding hydrogens is 384 g/mol. The lowest BCUT2D eigenvalue weighted by molar-refractivity contribution is 0.103. The van der Waals surface area contributed by atoms with E-state index in [0.29, 0.717) is 12.1 Å². The van der Waals surface area contributed by atoms with E-state index in [1.807, 2.05) is 6.07 Å². The van der Waals surface area contributed by atoms with Gasteiger partial charge in [0, 0.05) is 17.7 Å². The molecule has 1 saturated heterocycles. The summed E-state index contributed by atoms with van der Waals surface area (Å²) in [4.78, 5) is 12.8. The molecule has 0 saturated carbocycles. The molecule has 0 unspecified atom stereocenters. The van der Waals surface area contributed by atoms with Gasteiger partial charge in [0.2, 0.25) is 10.0 Å². The van der Waals surface area contributed by atoms with Crippen molar-refractivity contribution in [1.82, 2.24) is 10.0 Å². The first-order valence-electron chi connectivity index (χ1n) is 8.81.